The van der Waals surface area contributed by atoms with Crippen LogP contribution in [0.1, 0.15) is 17.3 Å². The van der Waals surface area contributed by atoms with Crippen molar-refractivity contribution in [1.82, 2.24) is 0 Å². The van der Waals surface area contributed by atoms with E-state index in [2.05, 4.69) is 4.74 Å². The van der Waals surface area contributed by atoms with Crippen molar-refractivity contribution in [3.63, 3.8) is 0 Å². The first-order valence-electron chi connectivity index (χ1n) is 3.22. The molecule has 0 atom stereocenters. The summed E-state index contributed by atoms with van der Waals surface area (Å²) in [6.07, 6.45) is 0. The number of rotatable bonds is 2. The molecule has 1 rings (SSSR count). The van der Waals surface area contributed by atoms with Crippen molar-refractivity contribution in [3.05, 3.63) is 15.1 Å². The first kappa shape index (κ1) is 9.21. The van der Waals surface area contributed by atoms with Crippen LogP contribution in [0.5, 0.6) is 0 Å². The minimum atomic E-state index is -0.627. The summed E-state index contributed by atoms with van der Waals surface area (Å²) in [5, 5.41) is 0.239. The highest BCUT2D eigenvalue weighted by atomic mass is 32.9. The van der Waals surface area contributed by atoms with Crippen LogP contribution in [0, 0.1) is 0 Å². The zero-order valence-electron chi connectivity index (χ0n) is 6.33. The molecule has 6 heteroatoms. The zero-order chi connectivity index (χ0) is 9.14. The standard InChI is InChI=1S/C6H7NO3S2/c1-2-10-5(8)3-4(7)11-12-6(3)9/h2,7H2,1H3. The number of nitrogens with two attached hydrogens (primary N) is 1. The lowest BCUT2D eigenvalue weighted by Crippen LogP contribution is -2.13. The van der Waals surface area contributed by atoms with E-state index in [0.717, 1.165) is 20.7 Å². The fraction of sp³-hybridized carbons (Fsp3) is 0.333. The molecule has 0 unspecified atom stereocenters. The van der Waals surface area contributed by atoms with Gasteiger partial charge in [-0.1, -0.05) is 10.3 Å². The molecule has 0 aliphatic rings. The van der Waals surface area contributed by atoms with Crippen LogP contribution in [0.3, 0.4) is 0 Å². The van der Waals surface area contributed by atoms with Gasteiger partial charge in [-0.15, -0.1) is 0 Å². The molecule has 0 aliphatic heterocycles. The summed E-state index contributed by atoms with van der Waals surface area (Å²) in [6, 6.07) is 0. The number of esters is 1. The molecule has 2 N–H and O–H groups in total. The van der Waals surface area contributed by atoms with Gasteiger partial charge in [0.15, 0.2) is 5.56 Å². The Kier molecular flexibility index (Phi) is 2.83. The van der Waals surface area contributed by atoms with Gasteiger partial charge in [0.05, 0.1) is 6.61 Å². The van der Waals surface area contributed by atoms with Gasteiger partial charge in [-0.3, -0.25) is 4.79 Å². The highest BCUT2D eigenvalue weighted by Gasteiger charge is 2.17. The van der Waals surface area contributed by atoms with Crippen molar-refractivity contribution in [2.45, 2.75) is 6.92 Å². The van der Waals surface area contributed by atoms with E-state index in [0.29, 0.717) is 0 Å². The fourth-order valence-corrected chi connectivity index (χ4v) is 2.42. The van der Waals surface area contributed by atoms with Crippen molar-refractivity contribution in [2.75, 3.05) is 12.3 Å². The van der Waals surface area contributed by atoms with Gasteiger partial charge in [-0.25, -0.2) is 4.79 Å². The lowest BCUT2D eigenvalue weighted by atomic mass is 10.4. The Morgan fingerprint density at radius 3 is 2.67 bits per heavy atom. The van der Waals surface area contributed by atoms with Crippen molar-refractivity contribution in [3.8, 4) is 0 Å². The van der Waals surface area contributed by atoms with Crippen LogP contribution in [0.2, 0.25) is 0 Å². The van der Waals surface area contributed by atoms with Gasteiger partial charge < -0.3 is 10.5 Å². The van der Waals surface area contributed by atoms with Gasteiger partial charge in [0.2, 0.25) is 0 Å². The molecular weight excluding hydrogens is 198 g/mol. The normalized spacial score (nSPS) is 9.75. The van der Waals surface area contributed by atoms with Crippen LogP contribution >= 0.6 is 20.7 Å². The number of ether oxygens (including phenoxy) is 1. The van der Waals surface area contributed by atoms with Crippen LogP contribution in [-0.4, -0.2) is 12.6 Å². The summed E-state index contributed by atoms with van der Waals surface area (Å²) in [4.78, 5) is 22.1. The van der Waals surface area contributed by atoms with Crippen molar-refractivity contribution < 1.29 is 9.53 Å². The Morgan fingerprint density at radius 2 is 2.25 bits per heavy atom. The first-order valence-corrected chi connectivity index (χ1v) is 5.37. The number of carbonyl (C=O) groups is 1. The summed E-state index contributed by atoms with van der Waals surface area (Å²) in [7, 11) is 2.04. The minimum Gasteiger partial charge on any atom is -0.462 e. The smallest absolute Gasteiger partial charge is 0.346 e. The maximum absolute atomic E-state index is 11.1. The van der Waals surface area contributed by atoms with Gasteiger partial charge in [-0.05, 0) is 17.3 Å². The van der Waals surface area contributed by atoms with E-state index in [1.807, 2.05) is 0 Å². The van der Waals surface area contributed by atoms with Crippen LogP contribution in [0.4, 0.5) is 5.00 Å². The van der Waals surface area contributed by atoms with E-state index in [4.69, 9.17) is 5.73 Å². The molecule has 0 bridgehead atoms. The van der Waals surface area contributed by atoms with Crippen LogP contribution in [-0.2, 0) is 4.74 Å². The molecule has 1 heterocycles. The van der Waals surface area contributed by atoms with Crippen LogP contribution in [0.15, 0.2) is 4.79 Å². The number of hydrogen-bond acceptors (Lipinski definition) is 6. The molecule has 4 nitrogen and oxygen atoms in total. The number of anilines is 1. The first-order chi connectivity index (χ1) is 5.66. The third-order valence-corrected chi connectivity index (χ3v) is 3.20. The molecule has 0 radical (unpaired) electrons. The predicted molar refractivity (Wildman–Crippen MR) is 48.8 cm³/mol. The van der Waals surface area contributed by atoms with Gasteiger partial charge >= 0.3 is 5.97 Å². The number of carbonyl (C=O) groups excluding carboxylic acids is 1. The maximum Gasteiger partial charge on any atom is 0.346 e. The summed E-state index contributed by atoms with van der Waals surface area (Å²) >= 11 is 0. The molecule has 1 aromatic rings. The number of hydrogen-bond donors (Lipinski definition) is 1. The third kappa shape index (κ3) is 1.64. The molecule has 0 fully saturated rings. The van der Waals surface area contributed by atoms with E-state index >= 15 is 0 Å². The topological polar surface area (TPSA) is 69.4 Å². The van der Waals surface area contributed by atoms with Crippen LogP contribution in [0.25, 0.3) is 0 Å². The second kappa shape index (κ2) is 3.68. The quantitative estimate of drug-likeness (QED) is 0.576. The summed E-state index contributed by atoms with van der Waals surface area (Å²) < 4.78 is 4.32. The highest BCUT2D eigenvalue weighted by Crippen LogP contribution is 2.19. The van der Waals surface area contributed by atoms with Gasteiger partial charge in [0.1, 0.15) is 5.00 Å². The second-order valence-electron chi connectivity index (χ2n) is 1.91. The average Bonchev–Trinajstić information content (AvgIpc) is 2.32. The lowest BCUT2D eigenvalue weighted by Gasteiger charge is -1.97. The molecule has 66 valence electrons. The molecule has 0 aromatic carbocycles. The fourth-order valence-electron chi connectivity index (χ4n) is 0.654. The van der Waals surface area contributed by atoms with Crippen molar-refractivity contribution >= 4 is 31.7 Å². The largest absolute Gasteiger partial charge is 0.462 e. The third-order valence-electron chi connectivity index (χ3n) is 1.14. The Hall–Kier alpha value is -0.880. The minimum absolute atomic E-state index is 0.0214. The average molecular weight is 205 g/mol. The van der Waals surface area contributed by atoms with Crippen molar-refractivity contribution in [1.29, 1.82) is 0 Å². The van der Waals surface area contributed by atoms with Gasteiger partial charge in [0, 0.05) is 0 Å². The van der Waals surface area contributed by atoms with Crippen LogP contribution < -0.4 is 10.5 Å². The molecule has 0 saturated carbocycles. The monoisotopic (exact) mass is 205 g/mol. The predicted octanol–water partition coefficient (Wildman–Crippen LogP) is 0.929. The Morgan fingerprint density at radius 1 is 1.58 bits per heavy atom. The highest BCUT2D eigenvalue weighted by molar-refractivity contribution is 7.70. The Bertz CT molecular complexity index is 341. The zero-order valence-corrected chi connectivity index (χ0v) is 7.96. The SMILES string of the molecule is CCOC(=O)c1c(N)ssc1=O. The molecule has 1 aromatic heterocycles. The van der Waals surface area contributed by atoms with Crippen molar-refractivity contribution in [2.24, 2.45) is 0 Å². The molecule has 0 amide bonds. The molecule has 0 saturated heterocycles. The Balaban J connectivity index is 3.01. The molecule has 0 spiro atoms. The summed E-state index contributed by atoms with van der Waals surface area (Å²) in [5.74, 6) is -0.627. The molecule has 0 aliphatic carbocycles. The summed E-state index contributed by atoms with van der Waals surface area (Å²) in [5.41, 5.74) is 5.38. The van der Waals surface area contributed by atoms with E-state index < -0.39 is 5.97 Å². The molecular formula is C6H7NO3S2. The number of nitrogen functional groups attached to an aromatic ring is 1. The second-order valence-corrected chi connectivity index (χ2v) is 4.06. The Labute approximate surface area is 76.0 Å². The maximum atomic E-state index is 11.1. The van der Waals surface area contributed by atoms with Gasteiger partial charge in [-0.2, -0.15) is 0 Å². The molecule has 12 heavy (non-hydrogen) atoms. The van der Waals surface area contributed by atoms with E-state index in [9.17, 15) is 9.59 Å². The van der Waals surface area contributed by atoms with E-state index in [-0.39, 0.29) is 21.9 Å². The van der Waals surface area contributed by atoms with E-state index in [1.165, 1.54) is 0 Å². The van der Waals surface area contributed by atoms with E-state index in [1.54, 1.807) is 6.92 Å². The van der Waals surface area contributed by atoms with Gasteiger partial charge in [0.25, 0.3) is 4.74 Å². The summed E-state index contributed by atoms with van der Waals surface area (Å²) in [6.45, 7) is 1.92. The lowest BCUT2D eigenvalue weighted by molar-refractivity contribution is 0.0527.